The van der Waals surface area contributed by atoms with E-state index in [-0.39, 0.29) is 23.4 Å². The number of ether oxygens (including phenoxy) is 1. The lowest BCUT2D eigenvalue weighted by molar-refractivity contribution is -0.116. The van der Waals surface area contributed by atoms with Gasteiger partial charge in [-0.15, -0.1) is 0 Å². The number of hydrogen-bond acceptors (Lipinski definition) is 6. The molecule has 2 heterocycles. The van der Waals surface area contributed by atoms with Gasteiger partial charge >= 0.3 is 0 Å². The molecular weight excluding hydrogens is 380 g/mol. The average molecular weight is 402 g/mol. The molecule has 3 aromatic rings. The van der Waals surface area contributed by atoms with Crippen LogP contribution in [0.5, 0.6) is 11.5 Å². The first-order valence-corrected chi connectivity index (χ1v) is 9.97. The largest absolute Gasteiger partial charge is 0.508 e. The first kappa shape index (κ1) is 18.5. The summed E-state index contributed by atoms with van der Waals surface area (Å²) in [6, 6.07) is 14.9. The van der Waals surface area contributed by atoms with Gasteiger partial charge in [0.15, 0.2) is 5.78 Å². The Hall–Kier alpha value is -3.54. The Morgan fingerprint density at radius 2 is 1.77 bits per heavy atom. The number of carbonyl (C=O) groups is 1. The molecule has 6 nitrogen and oxygen atoms in total. The van der Waals surface area contributed by atoms with Crippen LogP contribution in [0.1, 0.15) is 47.1 Å². The number of anilines is 1. The van der Waals surface area contributed by atoms with Crippen molar-refractivity contribution in [1.29, 1.82) is 0 Å². The van der Waals surface area contributed by atoms with Crippen LogP contribution in [0.3, 0.4) is 0 Å². The van der Waals surface area contributed by atoms with Gasteiger partial charge in [-0.2, -0.15) is 0 Å². The van der Waals surface area contributed by atoms with Crippen LogP contribution in [0.25, 0.3) is 0 Å². The molecule has 1 aliphatic carbocycles. The highest BCUT2D eigenvalue weighted by molar-refractivity contribution is 6.01. The van der Waals surface area contributed by atoms with Crippen LogP contribution < -0.4 is 10.1 Å². The molecule has 6 heteroatoms. The number of benzene rings is 2. The minimum atomic E-state index is -0.257. The van der Waals surface area contributed by atoms with Gasteiger partial charge in [0.25, 0.3) is 0 Å². The number of phenolic OH excluding ortho intramolecular Hbond substituents is 1. The zero-order valence-electron chi connectivity index (χ0n) is 16.8. The van der Waals surface area contributed by atoms with Crippen molar-refractivity contribution >= 4 is 11.7 Å². The molecule has 0 amide bonds. The van der Waals surface area contributed by atoms with Gasteiger partial charge in [-0.3, -0.25) is 4.79 Å². The lowest BCUT2D eigenvalue weighted by atomic mass is 9.72. The van der Waals surface area contributed by atoms with E-state index in [4.69, 9.17) is 9.26 Å². The number of phenols is 1. The van der Waals surface area contributed by atoms with E-state index in [0.717, 1.165) is 39.4 Å². The molecule has 30 heavy (non-hydrogen) atoms. The normalized spacial score (nSPS) is 20.4. The lowest BCUT2D eigenvalue weighted by Gasteiger charge is -2.34. The Kier molecular flexibility index (Phi) is 4.35. The number of rotatable bonds is 3. The van der Waals surface area contributed by atoms with Crippen molar-refractivity contribution in [2.45, 2.75) is 31.6 Å². The van der Waals surface area contributed by atoms with E-state index in [0.29, 0.717) is 18.7 Å². The molecule has 0 spiro atoms. The number of fused-ring (bicyclic) bond motifs is 1. The number of aryl methyl sites for hydroxylation is 1. The molecule has 5 rings (SSSR count). The van der Waals surface area contributed by atoms with E-state index >= 15 is 0 Å². The van der Waals surface area contributed by atoms with Gasteiger partial charge in [-0.1, -0.05) is 29.4 Å². The molecular formula is C24H22N2O4. The highest BCUT2D eigenvalue weighted by Gasteiger charge is 2.41. The second kappa shape index (κ2) is 7.06. The predicted octanol–water partition coefficient (Wildman–Crippen LogP) is 4.66. The first-order chi connectivity index (χ1) is 14.5. The molecule has 2 atom stereocenters. The van der Waals surface area contributed by atoms with Gasteiger partial charge in [0.1, 0.15) is 11.5 Å². The molecule has 0 saturated carbocycles. The Bertz CT molecular complexity index is 1140. The first-order valence-electron chi connectivity index (χ1n) is 9.97. The molecule has 152 valence electrons. The number of aromatic hydroxyl groups is 1. The molecule has 1 aliphatic heterocycles. The number of nitrogens with zero attached hydrogens (tertiary/aromatic N) is 1. The highest BCUT2D eigenvalue weighted by Crippen LogP contribution is 2.49. The van der Waals surface area contributed by atoms with Crippen LogP contribution in [0.2, 0.25) is 0 Å². The number of hydrogen-bond donors (Lipinski definition) is 2. The van der Waals surface area contributed by atoms with Crippen molar-refractivity contribution < 1.29 is 19.2 Å². The number of carbonyl (C=O) groups excluding carboxylic acids is 1. The van der Waals surface area contributed by atoms with Crippen molar-refractivity contribution in [1.82, 2.24) is 5.16 Å². The van der Waals surface area contributed by atoms with Crippen LogP contribution in [0.4, 0.5) is 5.88 Å². The molecule has 0 radical (unpaired) electrons. The van der Waals surface area contributed by atoms with Crippen molar-refractivity contribution in [3.8, 4) is 11.5 Å². The minimum absolute atomic E-state index is 0.0840. The Morgan fingerprint density at radius 3 is 2.47 bits per heavy atom. The number of nitrogens with one attached hydrogen (secondary N) is 1. The summed E-state index contributed by atoms with van der Waals surface area (Å²) in [5.41, 5.74) is 5.34. The van der Waals surface area contributed by atoms with Gasteiger partial charge in [0.05, 0.1) is 18.4 Å². The number of aromatic nitrogens is 1. The fourth-order valence-electron chi connectivity index (χ4n) is 4.58. The second-order valence-corrected chi connectivity index (χ2v) is 7.85. The third-order valence-electron chi connectivity index (χ3n) is 6.07. The molecule has 2 N–H and O–H groups in total. The summed E-state index contributed by atoms with van der Waals surface area (Å²) in [6.45, 7) is 1.89. The number of ketones is 1. The van der Waals surface area contributed by atoms with Gasteiger partial charge in [-0.25, -0.2) is 0 Å². The lowest BCUT2D eigenvalue weighted by Crippen LogP contribution is -2.29. The average Bonchev–Trinajstić information content (AvgIpc) is 3.13. The summed E-state index contributed by atoms with van der Waals surface area (Å²) in [6.07, 6.45) is 1.16. The van der Waals surface area contributed by atoms with Crippen LogP contribution >= 0.6 is 0 Å². The SMILES string of the molecule is COc1ccc(C2CC(=O)C3=C(C2)Nc2onc(C)c2C3c2ccc(O)cc2)cc1. The highest BCUT2D eigenvalue weighted by atomic mass is 16.5. The van der Waals surface area contributed by atoms with E-state index in [9.17, 15) is 9.90 Å². The third-order valence-corrected chi connectivity index (χ3v) is 6.07. The smallest absolute Gasteiger partial charge is 0.233 e. The maximum Gasteiger partial charge on any atom is 0.233 e. The maximum absolute atomic E-state index is 13.4. The van der Waals surface area contributed by atoms with E-state index in [1.165, 1.54) is 0 Å². The summed E-state index contributed by atoms with van der Waals surface area (Å²) < 4.78 is 10.8. The molecule has 0 fully saturated rings. The van der Waals surface area contributed by atoms with Crippen molar-refractivity contribution in [2.24, 2.45) is 0 Å². The van der Waals surface area contributed by atoms with Crippen molar-refractivity contribution in [2.75, 3.05) is 12.4 Å². The molecule has 2 aromatic carbocycles. The maximum atomic E-state index is 13.4. The fraction of sp³-hybridized carbons (Fsp3) is 0.250. The van der Waals surface area contributed by atoms with Crippen LogP contribution in [0, 0.1) is 6.92 Å². The zero-order valence-corrected chi connectivity index (χ0v) is 16.8. The monoisotopic (exact) mass is 402 g/mol. The summed E-state index contributed by atoms with van der Waals surface area (Å²) in [5.74, 6) is 1.53. The molecule has 0 bridgehead atoms. The van der Waals surface area contributed by atoms with Crippen LogP contribution in [-0.4, -0.2) is 23.2 Å². The number of Topliss-reactive ketones (excluding diaryl/α,β-unsaturated/α-hetero) is 1. The van der Waals surface area contributed by atoms with Crippen LogP contribution in [0.15, 0.2) is 64.3 Å². The number of methoxy groups -OCH3 is 1. The second-order valence-electron chi connectivity index (χ2n) is 7.85. The predicted molar refractivity (Wildman–Crippen MR) is 112 cm³/mol. The topological polar surface area (TPSA) is 84.6 Å². The summed E-state index contributed by atoms with van der Waals surface area (Å²) in [7, 11) is 1.64. The quantitative estimate of drug-likeness (QED) is 0.663. The van der Waals surface area contributed by atoms with Gasteiger partial charge in [0.2, 0.25) is 5.88 Å². The fourth-order valence-corrected chi connectivity index (χ4v) is 4.58. The van der Waals surface area contributed by atoms with E-state index in [1.54, 1.807) is 19.2 Å². The van der Waals surface area contributed by atoms with Gasteiger partial charge < -0.3 is 19.7 Å². The molecule has 2 aliphatic rings. The Morgan fingerprint density at radius 1 is 1.07 bits per heavy atom. The Labute approximate surface area is 174 Å². The van der Waals surface area contributed by atoms with Crippen molar-refractivity contribution in [3.05, 3.63) is 82.2 Å². The summed E-state index contributed by atoms with van der Waals surface area (Å²) in [5, 5.41) is 17.2. The molecule has 2 unspecified atom stereocenters. The van der Waals surface area contributed by atoms with E-state index < -0.39 is 0 Å². The molecule has 1 aromatic heterocycles. The van der Waals surface area contributed by atoms with E-state index in [1.807, 2.05) is 43.3 Å². The molecule has 0 saturated heterocycles. The summed E-state index contributed by atoms with van der Waals surface area (Å²) in [4.78, 5) is 13.4. The Balaban J connectivity index is 1.58. The van der Waals surface area contributed by atoms with Crippen LogP contribution in [-0.2, 0) is 4.79 Å². The number of allylic oxidation sites excluding steroid dienone is 2. The van der Waals surface area contributed by atoms with Crippen molar-refractivity contribution in [3.63, 3.8) is 0 Å². The summed E-state index contributed by atoms with van der Waals surface area (Å²) >= 11 is 0. The minimum Gasteiger partial charge on any atom is -0.508 e. The van der Waals surface area contributed by atoms with E-state index in [2.05, 4.69) is 10.5 Å². The standard InChI is InChI=1S/C24H22N2O4/c1-13-21-22(15-3-7-17(27)8-4-15)23-19(25-24(21)30-26-13)11-16(12-20(23)28)14-5-9-18(29-2)10-6-14/h3-10,16,22,25,27H,11-12H2,1-2H3. The zero-order chi connectivity index (χ0) is 20.8. The van der Waals surface area contributed by atoms with Gasteiger partial charge in [-0.05, 0) is 54.7 Å². The third kappa shape index (κ3) is 2.96. The van der Waals surface area contributed by atoms with Gasteiger partial charge in [0, 0.05) is 23.6 Å².